The minimum atomic E-state index is -1.34. The summed E-state index contributed by atoms with van der Waals surface area (Å²) in [7, 11) is 0. The number of benzene rings is 3. The van der Waals surface area contributed by atoms with E-state index in [1.165, 1.54) is 12.1 Å². The van der Waals surface area contributed by atoms with E-state index in [-0.39, 0.29) is 24.8 Å². The van der Waals surface area contributed by atoms with E-state index in [0.717, 1.165) is 28.1 Å². The standard InChI is InChI=1S/C40H45FN2O5/c1-25(2)35-34(36(38(45)46)48-39(3,4)5)33(28-15-17-29(41)18-16-28)31-22-43(24-40(6,7)37(31)42-35)32(44)21-26-13-19-30(20-14-26)47-23-27-11-9-8-10-12-27/h8-20,25,36H,21-24H2,1-7H3,(H,45,46). The number of hydrogen-bond acceptors (Lipinski definition) is 5. The first-order valence-corrected chi connectivity index (χ1v) is 16.4. The predicted octanol–water partition coefficient (Wildman–Crippen LogP) is 8.39. The normalized spacial score (nSPS) is 14.8. The van der Waals surface area contributed by atoms with Crippen LogP contribution in [0.4, 0.5) is 4.39 Å². The Kier molecular flexibility index (Phi) is 10.1. The number of aromatic nitrogens is 1. The molecule has 2 heterocycles. The van der Waals surface area contributed by atoms with Gasteiger partial charge in [-0.1, -0.05) is 82.3 Å². The molecular formula is C40H45FN2O5. The van der Waals surface area contributed by atoms with E-state index in [4.69, 9.17) is 14.5 Å². The molecule has 1 atom stereocenters. The van der Waals surface area contributed by atoms with Crippen molar-refractivity contribution in [2.75, 3.05) is 6.54 Å². The second-order valence-corrected chi connectivity index (χ2v) is 14.5. The van der Waals surface area contributed by atoms with Gasteiger partial charge in [0.05, 0.1) is 23.4 Å². The lowest BCUT2D eigenvalue weighted by molar-refractivity contribution is -0.160. The SMILES string of the molecule is CC(C)c1nc2c(c(-c3ccc(F)cc3)c1C(OC(C)(C)C)C(=O)O)CN(C(=O)Cc1ccc(OCc3ccccc3)cc1)CC2(C)C. The van der Waals surface area contributed by atoms with Gasteiger partial charge in [0, 0.05) is 29.6 Å². The summed E-state index contributed by atoms with van der Waals surface area (Å²) in [6.45, 7) is 14.6. The molecule has 8 heteroatoms. The topological polar surface area (TPSA) is 89.0 Å². The highest BCUT2D eigenvalue weighted by Gasteiger charge is 2.41. The third-order valence-corrected chi connectivity index (χ3v) is 8.46. The zero-order valence-electron chi connectivity index (χ0n) is 28.8. The number of aliphatic carboxylic acids is 1. The third kappa shape index (κ3) is 7.93. The van der Waals surface area contributed by atoms with Crippen molar-refractivity contribution in [2.45, 2.75) is 91.1 Å². The maximum atomic E-state index is 14.2. The average Bonchev–Trinajstić information content (AvgIpc) is 3.02. The van der Waals surface area contributed by atoms with Crippen LogP contribution in [-0.2, 0) is 39.3 Å². The third-order valence-electron chi connectivity index (χ3n) is 8.46. The lowest BCUT2D eigenvalue weighted by Crippen LogP contribution is -2.47. The number of carbonyl (C=O) groups excluding carboxylic acids is 1. The lowest BCUT2D eigenvalue weighted by Gasteiger charge is -2.42. The Morgan fingerprint density at radius 1 is 0.958 bits per heavy atom. The summed E-state index contributed by atoms with van der Waals surface area (Å²) in [5.41, 5.74) is 4.47. The Morgan fingerprint density at radius 3 is 2.19 bits per heavy atom. The van der Waals surface area contributed by atoms with E-state index in [2.05, 4.69) is 13.8 Å². The monoisotopic (exact) mass is 652 g/mol. The molecule has 0 spiro atoms. The van der Waals surface area contributed by atoms with Crippen molar-refractivity contribution in [3.8, 4) is 16.9 Å². The van der Waals surface area contributed by atoms with E-state index in [0.29, 0.717) is 35.5 Å². The van der Waals surface area contributed by atoms with Crippen LogP contribution >= 0.6 is 0 Å². The largest absolute Gasteiger partial charge is 0.489 e. The molecule has 7 nitrogen and oxygen atoms in total. The Morgan fingerprint density at radius 2 is 1.60 bits per heavy atom. The van der Waals surface area contributed by atoms with E-state index < -0.39 is 28.9 Å². The molecule has 0 fully saturated rings. The molecule has 5 rings (SSSR count). The van der Waals surface area contributed by atoms with Crippen LogP contribution < -0.4 is 4.74 Å². The van der Waals surface area contributed by atoms with Crippen molar-refractivity contribution < 1.29 is 28.6 Å². The van der Waals surface area contributed by atoms with Crippen LogP contribution in [0.2, 0.25) is 0 Å². The molecule has 1 aliphatic rings. The molecular weight excluding hydrogens is 607 g/mol. The predicted molar refractivity (Wildman–Crippen MR) is 184 cm³/mol. The fourth-order valence-electron chi connectivity index (χ4n) is 6.32. The summed E-state index contributed by atoms with van der Waals surface area (Å²) in [6.07, 6.45) is -1.15. The first-order chi connectivity index (χ1) is 22.6. The van der Waals surface area contributed by atoms with Crippen molar-refractivity contribution in [3.05, 3.63) is 118 Å². The highest BCUT2D eigenvalue weighted by molar-refractivity contribution is 5.84. The summed E-state index contributed by atoms with van der Waals surface area (Å²) in [6, 6.07) is 23.5. The molecule has 1 amide bonds. The molecule has 252 valence electrons. The van der Waals surface area contributed by atoms with Gasteiger partial charge in [-0.05, 0) is 73.2 Å². The molecule has 4 aromatic rings. The van der Waals surface area contributed by atoms with Crippen LogP contribution in [0, 0.1) is 5.82 Å². The van der Waals surface area contributed by atoms with Gasteiger partial charge in [0.15, 0.2) is 6.10 Å². The Labute approximate surface area is 282 Å². The number of pyridine rings is 1. The molecule has 1 unspecified atom stereocenters. The minimum absolute atomic E-state index is 0.0630. The number of halogens is 1. The van der Waals surface area contributed by atoms with E-state index in [9.17, 15) is 19.1 Å². The molecule has 48 heavy (non-hydrogen) atoms. The van der Waals surface area contributed by atoms with Gasteiger partial charge in [-0.15, -0.1) is 0 Å². The number of carbonyl (C=O) groups is 2. The van der Waals surface area contributed by atoms with Gasteiger partial charge in [0.25, 0.3) is 0 Å². The van der Waals surface area contributed by atoms with Crippen molar-refractivity contribution in [3.63, 3.8) is 0 Å². The molecule has 0 saturated heterocycles. The van der Waals surface area contributed by atoms with Crippen molar-refractivity contribution in [2.24, 2.45) is 0 Å². The minimum Gasteiger partial charge on any atom is -0.489 e. The molecule has 1 aromatic heterocycles. The maximum Gasteiger partial charge on any atom is 0.337 e. The van der Waals surface area contributed by atoms with Crippen LogP contribution in [0.5, 0.6) is 5.75 Å². The summed E-state index contributed by atoms with van der Waals surface area (Å²) < 4.78 is 26.3. The van der Waals surface area contributed by atoms with Crippen LogP contribution in [0.3, 0.4) is 0 Å². The number of amides is 1. The van der Waals surface area contributed by atoms with Crippen molar-refractivity contribution >= 4 is 11.9 Å². The van der Waals surface area contributed by atoms with Gasteiger partial charge in [-0.2, -0.15) is 0 Å². The fraction of sp³-hybridized carbons (Fsp3) is 0.375. The smallest absolute Gasteiger partial charge is 0.337 e. The van der Waals surface area contributed by atoms with E-state index in [1.807, 2.05) is 94.1 Å². The number of carboxylic acids is 1. The van der Waals surface area contributed by atoms with Gasteiger partial charge >= 0.3 is 5.97 Å². The van der Waals surface area contributed by atoms with Crippen molar-refractivity contribution in [1.82, 2.24) is 9.88 Å². The van der Waals surface area contributed by atoms with Gasteiger partial charge in [-0.3, -0.25) is 9.78 Å². The van der Waals surface area contributed by atoms with Crippen LogP contribution in [0.15, 0.2) is 78.9 Å². The first-order valence-electron chi connectivity index (χ1n) is 16.4. The second-order valence-electron chi connectivity index (χ2n) is 14.5. The fourth-order valence-corrected chi connectivity index (χ4v) is 6.32. The van der Waals surface area contributed by atoms with E-state index in [1.54, 1.807) is 12.1 Å². The number of rotatable bonds is 10. The quantitative estimate of drug-likeness (QED) is 0.185. The van der Waals surface area contributed by atoms with Crippen LogP contribution in [0.1, 0.15) is 94.1 Å². The number of fused-ring (bicyclic) bond motifs is 1. The number of nitrogens with zero attached hydrogens (tertiary/aromatic N) is 2. The molecule has 1 aliphatic heterocycles. The van der Waals surface area contributed by atoms with E-state index >= 15 is 0 Å². The highest BCUT2D eigenvalue weighted by Crippen LogP contribution is 2.45. The highest BCUT2D eigenvalue weighted by atomic mass is 19.1. The Balaban J connectivity index is 1.53. The number of hydrogen-bond donors (Lipinski definition) is 1. The molecule has 3 aromatic carbocycles. The first kappa shape index (κ1) is 34.8. The Bertz CT molecular complexity index is 1760. The lowest BCUT2D eigenvalue weighted by atomic mass is 9.76. The summed E-state index contributed by atoms with van der Waals surface area (Å²) in [4.78, 5) is 33.8. The summed E-state index contributed by atoms with van der Waals surface area (Å²) in [5.74, 6) is -1.02. The zero-order chi connectivity index (χ0) is 34.8. The molecule has 0 radical (unpaired) electrons. The maximum absolute atomic E-state index is 14.2. The zero-order valence-corrected chi connectivity index (χ0v) is 28.8. The van der Waals surface area contributed by atoms with Gasteiger partial charge in [-0.25, -0.2) is 9.18 Å². The number of ether oxygens (including phenoxy) is 2. The van der Waals surface area contributed by atoms with Crippen LogP contribution in [0.25, 0.3) is 11.1 Å². The molecule has 0 saturated carbocycles. The Hall–Kier alpha value is -4.56. The van der Waals surface area contributed by atoms with Crippen LogP contribution in [-0.4, -0.2) is 39.0 Å². The number of carboxylic acid groups (broad SMARTS) is 1. The molecule has 1 N–H and O–H groups in total. The summed E-state index contributed by atoms with van der Waals surface area (Å²) in [5, 5.41) is 10.5. The van der Waals surface area contributed by atoms with Crippen molar-refractivity contribution in [1.29, 1.82) is 0 Å². The second kappa shape index (κ2) is 13.9. The molecule has 0 bridgehead atoms. The van der Waals surface area contributed by atoms with Gasteiger partial charge in [0.1, 0.15) is 18.2 Å². The van der Waals surface area contributed by atoms with Gasteiger partial charge < -0.3 is 19.5 Å². The van der Waals surface area contributed by atoms with Gasteiger partial charge in [0.2, 0.25) is 5.91 Å². The average molecular weight is 653 g/mol. The summed E-state index contributed by atoms with van der Waals surface area (Å²) >= 11 is 0. The molecule has 0 aliphatic carbocycles.